The first kappa shape index (κ1) is 18.2. The highest BCUT2D eigenvalue weighted by Crippen LogP contribution is 2.49. The summed E-state index contributed by atoms with van der Waals surface area (Å²) in [6.45, 7) is 8.54. The average molecular weight is 377 g/mol. The topological polar surface area (TPSA) is 58.4 Å². The lowest BCUT2D eigenvalue weighted by atomic mass is 9.83. The second kappa shape index (κ2) is 6.47. The summed E-state index contributed by atoms with van der Waals surface area (Å²) in [5.74, 6) is -2.06. The number of hydrogen-bond acceptors (Lipinski definition) is 5. The molecule has 8 heteroatoms. The highest BCUT2D eigenvalue weighted by molar-refractivity contribution is 5.57. The van der Waals surface area contributed by atoms with Crippen LogP contribution in [0, 0.1) is 17.6 Å². The van der Waals surface area contributed by atoms with E-state index in [1.54, 1.807) is 0 Å². The standard InChI is InChI=1S/C19H21F2N3O3/c1-12(24-11-22-10-23-24)19(15-5-4-14(20)6-16(15)21)7-13(8-26-19)17-9-25-18(2,3)27-17/h4-6,10-11,13,17H,1,7-9H2,2-3H3/t13-,17?,19-/m0/s1. The minimum absolute atomic E-state index is 0.0449. The molecular formula is C19H21F2N3O3. The normalized spacial score (nSPS) is 29.9. The summed E-state index contributed by atoms with van der Waals surface area (Å²) < 4.78 is 47.4. The zero-order valence-corrected chi connectivity index (χ0v) is 15.2. The Morgan fingerprint density at radius 3 is 2.70 bits per heavy atom. The molecular weight excluding hydrogens is 356 g/mol. The second-order valence-electron chi connectivity index (χ2n) is 7.38. The summed E-state index contributed by atoms with van der Waals surface area (Å²) in [5, 5.41) is 4.10. The molecule has 2 aliphatic heterocycles. The van der Waals surface area contributed by atoms with Gasteiger partial charge in [0.1, 0.15) is 29.9 Å². The van der Waals surface area contributed by atoms with Crippen LogP contribution in [-0.4, -0.2) is 39.9 Å². The number of benzene rings is 1. The quantitative estimate of drug-likeness (QED) is 0.820. The smallest absolute Gasteiger partial charge is 0.163 e. The van der Waals surface area contributed by atoms with Crippen molar-refractivity contribution in [1.82, 2.24) is 14.8 Å². The van der Waals surface area contributed by atoms with Gasteiger partial charge in [-0.25, -0.2) is 18.4 Å². The van der Waals surface area contributed by atoms with E-state index in [4.69, 9.17) is 14.2 Å². The molecule has 3 atom stereocenters. The van der Waals surface area contributed by atoms with Crippen molar-refractivity contribution in [2.45, 2.75) is 37.8 Å². The van der Waals surface area contributed by atoms with Gasteiger partial charge in [0, 0.05) is 17.5 Å². The predicted molar refractivity (Wildman–Crippen MR) is 92.4 cm³/mol. The molecule has 1 aromatic carbocycles. The maximum Gasteiger partial charge on any atom is 0.163 e. The van der Waals surface area contributed by atoms with Crippen LogP contribution in [-0.2, 0) is 19.8 Å². The molecule has 6 nitrogen and oxygen atoms in total. The zero-order valence-electron chi connectivity index (χ0n) is 15.2. The molecule has 0 N–H and O–H groups in total. The van der Waals surface area contributed by atoms with Gasteiger partial charge in [0.2, 0.25) is 0 Å². The zero-order chi connectivity index (χ0) is 19.2. The molecule has 2 aliphatic rings. The van der Waals surface area contributed by atoms with Gasteiger partial charge in [0.15, 0.2) is 5.79 Å². The van der Waals surface area contributed by atoms with Crippen molar-refractivity contribution in [3.8, 4) is 0 Å². The van der Waals surface area contributed by atoms with E-state index in [0.29, 0.717) is 25.3 Å². The fourth-order valence-electron chi connectivity index (χ4n) is 3.82. The molecule has 0 saturated carbocycles. The summed E-state index contributed by atoms with van der Waals surface area (Å²) in [6, 6.07) is 3.45. The van der Waals surface area contributed by atoms with Crippen LogP contribution < -0.4 is 0 Å². The molecule has 2 aromatic rings. The van der Waals surface area contributed by atoms with Gasteiger partial charge in [-0.15, -0.1) is 0 Å². The molecule has 0 amide bonds. The lowest BCUT2D eigenvalue weighted by Gasteiger charge is -2.31. The molecule has 2 saturated heterocycles. The fourth-order valence-corrected chi connectivity index (χ4v) is 3.82. The highest BCUT2D eigenvalue weighted by Gasteiger charge is 2.51. The largest absolute Gasteiger partial charge is 0.363 e. The monoisotopic (exact) mass is 377 g/mol. The highest BCUT2D eigenvalue weighted by atomic mass is 19.1. The Labute approximate surface area is 155 Å². The van der Waals surface area contributed by atoms with Gasteiger partial charge in [-0.3, -0.25) is 0 Å². The molecule has 2 fully saturated rings. The Bertz CT molecular complexity index is 856. The Morgan fingerprint density at radius 2 is 2.07 bits per heavy atom. The maximum atomic E-state index is 14.7. The summed E-state index contributed by atoms with van der Waals surface area (Å²) in [6.07, 6.45) is 3.05. The number of rotatable bonds is 4. The number of aromatic nitrogens is 3. The van der Waals surface area contributed by atoms with E-state index in [-0.39, 0.29) is 17.6 Å². The average Bonchev–Trinajstić information content (AvgIpc) is 3.33. The van der Waals surface area contributed by atoms with Gasteiger partial charge in [0.05, 0.1) is 25.0 Å². The van der Waals surface area contributed by atoms with Crippen LogP contribution in [0.25, 0.3) is 5.70 Å². The maximum absolute atomic E-state index is 14.7. The SMILES string of the molecule is C=C(n1cncn1)[C@]1(c2ccc(F)cc2F)C[C@H](C2COC(C)(C)O2)CO1. The number of halogens is 2. The van der Waals surface area contributed by atoms with E-state index in [9.17, 15) is 8.78 Å². The molecule has 3 heterocycles. The minimum atomic E-state index is -1.20. The number of ether oxygens (including phenoxy) is 3. The van der Waals surface area contributed by atoms with Crippen molar-refractivity contribution >= 4 is 5.70 Å². The third-order valence-electron chi connectivity index (χ3n) is 5.18. The van der Waals surface area contributed by atoms with Crippen LogP contribution in [0.1, 0.15) is 25.8 Å². The van der Waals surface area contributed by atoms with Crippen LogP contribution >= 0.6 is 0 Å². The van der Waals surface area contributed by atoms with Crippen LogP contribution in [0.2, 0.25) is 0 Å². The predicted octanol–water partition coefficient (Wildman–Crippen LogP) is 3.11. The minimum Gasteiger partial charge on any atom is -0.363 e. The van der Waals surface area contributed by atoms with Crippen molar-refractivity contribution < 1.29 is 23.0 Å². The number of hydrogen-bond donors (Lipinski definition) is 0. The van der Waals surface area contributed by atoms with Gasteiger partial charge >= 0.3 is 0 Å². The van der Waals surface area contributed by atoms with Crippen molar-refractivity contribution in [2.24, 2.45) is 5.92 Å². The van der Waals surface area contributed by atoms with Gasteiger partial charge in [-0.2, -0.15) is 5.10 Å². The van der Waals surface area contributed by atoms with Crippen molar-refractivity contribution in [1.29, 1.82) is 0 Å². The van der Waals surface area contributed by atoms with Crippen LogP contribution in [0.15, 0.2) is 37.4 Å². The van der Waals surface area contributed by atoms with Crippen molar-refractivity contribution in [2.75, 3.05) is 13.2 Å². The lowest BCUT2D eigenvalue weighted by molar-refractivity contribution is -0.144. The third-order valence-corrected chi connectivity index (χ3v) is 5.18. The Hall–Kier alpha value is -2.16. The van der Waals surface area contributed by atoms with Gasteiger partial charge in [-0.1, -0.05) is 6.58 Å². The molecule has 0 bridgehead atoms. The molecule has 1 aromatic heterocycles. The summed E-state index contributed by atoms with van der Waals surface area (Å²) in [5.41, 5.74) is -0.581. The Kier molecular flexibility index (Phi) is 4.37. The van der Waals surface area contributed by atoms with Crippen LogP contribution in [0.5, 0.6) is 0 Å². The molecule has 0 spiro atoms. The van der Waals surface area contributed by atoms with E-state index in [1.165, 1.54) is 29.5 Å². The van der Waals surface area contributed by atoms with Gasteiger partial charge in [-0.05, 0) is 32.4 Å². The summed E-state index contributed by atoms with van der Waals surface area (Å²) >= 11 is 0. The van der Waals surface area contributed by atoms with Gasteiger partial charge < -0.3 is 14.2 Å². The van der Waals surface area contributed by atoms with Gasteiger partial charge in [0.25, 0.3) is 0 Å². The second-order valence-corrected chi connectivity index (χ2v) is 7.38. The first-order valence-corrected chi connectivity index (χ1v) is 8.76. The Balaban J connectivity index is 1.71. The molecule has 27 heavy (non-hydrogen) atoms. The number of nitrogens with zero attached hydrogens (tertiary/aromatic N) is 3. The Morgan fingerprint density at radius 1 is 1.26 bits per heavy atom. The van der Waals surface area contributed by atoms with Crippen molar-refractivity contribution in [3.63, 3.8) is 0 Å². The molecule has 4 rings (SSSR count). The molecule has 0 radical (unpaired) electrons. The first-order valence-electron chi connectivity index (χ1n) is 8.76. The van der Waals surface area contributed by atoms with E-state index in [2.05, 4.69) is 16.7 Å². The molecule has 0 aliphatic carbocycles. The van der Waals surface area contributed by atoms with E-state index >= 15 is 0 Å². The van der Waals surface area contributed by atoms with E-state index < -0.39 is 23.0 Å². The van der Waals surface area contributed by atoms with Crippen molar-refractivity contribution in [3.05, 3.63) is 54.6 Å². The molecule has 144 valence electrons. The third kappa shape index (κ3) is 3.18. The fraction of sp³-hybridized carbons (Fsp3) is 0.474. The molecule has 1 unspecified atom stereocenters. The van der Waals surface area contributed by atoms with Crippen LogP contribution in [0.4, 0.5) is 8.78 Å². The summed E-state index contributed by atoms with van der Waals surface area (Å²) in [7, 11) is 0. The summed E-state index contributed by atoms with van der Waals surface area (Å²) in [4.78, 5) is 3.93. The van der Waals surface area contributed by atoms with Crippen LogP contribution in [0.3, 0.4) is 0 Å². The van der Waals surface area contributed by atoms with E-state index in [0.717, 1.165) is 6.07 Å². The lowest BCUT2D eigenvalue weighted by Crippen LogP contribution is -2.32. The van der Waals surface area contributed by atoms with E-state index in [1.807, 2.05) is 13.8 Å². The first-order chi connectivity index (χ1) is 12.8.